The van der Waals surface area contributed by atoms with Crippen molar-refractivity contribution in [2.24, 2.45) is 20.4 Å². The lowest BCUT2D eigenvalue weighted by molar-refractivity contribution is 1.08. The zero-order valence-electron chi connectivity index (χ0n) is 6.10. The third-order valence-corrected chi connectivity index (χ3v) is 1.92. The smallest absolute Gasteiger partial charge is 0.124 e. The Kier molecular flexibility index (Phi) is 0.889. The summed E-state index contributed by atoms with van der Waals surface area (Å²) >= 11 is 0. The van der Waals surface area contributed by atoms with Crippen molar-refractivity contribution in [2.45, 2.75) is 0 Å². The maximum Gasteiger partial charge on any atom is 0.124 e. The maximum absolute atomic E-state index is 4.15. The van der Waals surface area contributed by atoms with Gasteiger partial charge in [-0.25, -0.2) is 0 Å². The molecule has 56 valence electrons. The molecule has 0 amide bonds. The van der Waals surface area contributed by atoms with Gasteiger partial charge in [-0.05, 0) is 23.4 Å². The van der Waals surface area contributed by atoms with Gasteiger partial charge in [-0.1, -0.05) is 0 Å². The monoisotopic (exact) mass is 156 g/mol. The fourth-order valence-corrected chi connectivity index (χ4v) is 1.36. The van der Waals surface area contributed by atoms with E-state index in [0.29, 0.717) is 0 Å². The van der Waals surface area contributed by atoms with Crippen molar-refractivity contribution in [1.29, 1.82) is 0 Å². The first-order valence-electron chi connectivity index (χ1n) is 3.61. The van der Waals surface area contributed by atoms with Crippen LogP contribution in [0.4, 0.5) is 5.69 Å². The highest BCUT2D eigenvalue weighted by Crippen LogP contribution is 2.17. The van der Waals surface area contributed by atoms with E-state index in [0.717, 1.165) is 22.0 Å². The topological polar surface area (TPSA) is 49.4 Å². The second kappa shape index (κ2) is 1.85. The van der Waals surface area contributed by atoms with E-state index in [1.807, 2.05) is 18.2 Å². The minimum Gasteiger partial charge on any atom is -0.256 e. The van der Waals surface area contributed by atoms with Gasteiger partial charge < -0.3 is 0 Å². The van der Waals surface area contributed by atoms with Crippen molar-refractivity contribution in [3.63, 3.8) is 0 Å². The van der Waals surface area contributed by atoms with Crippen molar-refractivity contribution in [2.75, 3.05) is 0 Å². The molecule has 0 aliphatic carbocycles. The van der Waals surface area contributed by atoms with Crippen LogP contribution in [0.2, 0.25) is 0 Å². The minimum absolute atomic E-state index is 0.829. The van der Waals surface area contributed by atoms with Crippen molar-refractivity contribution in [3.05, 3.63) is 34.6 Å². The molecule has 0 radical (unpaired) electrons. The highest BCUT2D eigenvalue weighted by atomic mass is 15.4. The first kappa shape index (κ1) is 5.77. The summed E-state index contributed by atoms with van der Waals surface area (Å²) in [4.78, 5) is 4.15. The standard InChI is InChI=1S/C8H4N4/c1-2-7-8(11-12-10-7)5-3-4-9-6(1)5/h1-4H. The largest absolute Gasteiger partial charge is 0.256 e. The molecule has 0 N–H and O–H groups in total. The van der Waals surface area contributed by atoms with Gasteiger partial charge in [-0.2, -0.15) is 0 Å². The number of nitrogens with zero attached hydrogens (tertiary/aromatic N) is 4. The summed E-state index contributed by atoms with van der Waals surface area (Å²) in [6.07, 6.45) is 3.69. The molecule has 0 unspecified atom stereocenters. The third-order valence-electron chi connectivity index (χ3n) is 1.92. The minimum atomic E-state index is 0.829. The average Bonchev–Trinajstić information content (AvgIpc) is 2.71. The van der Waals surface area contributed by atoms with Gasteiger partial charge in [0.1, 0.15) is 11.0 Å². The summed E-state index contributed by atoms with van der Waals surface area (Å²) in [5.74, 6) is 0. The van der Waals surface area contributed by atoms with Gasteiger partial charge in [-0.15, -0.1) is 10.2 Å². The fraction of sp³-hybridized carbons (Fsp3) is 0. The quantitative estimate of drug-likeness (QED) is 0.536. The second-order valence-electron chi connectivity index (χ2n) is 2.60. The molecule has 2 aliphatic heterocycles. The zero-order valence-corrected chi connectivity index (χ0v) is 6.10. The molecular weight excluding hydrogens is 152 g/mol. The van der Waals surface area contributed by atoms with Crippen LogP contribution in [0.25, 0.3) is 6.08 Å². The maximum atomic E-state index is 4.15. The molecule has 0 spiro atoms. The third kappa shape index (κ3) is 0.567. The first-order valence-corrected chi connectivity index (χ1v) is 3.61. The van der Waals surface area contributed by atoms with Crippen LogP contribution in [0.3, 0.4) is 0 Å². The molecule has 2 aliphatic rings. The Morgan fingerprint density at radius 3 is 3.00 bits per heavy atom. The van der Waals surface area contributed by atoms with Gasteiger partial charge in [-0.3, -0.25) is 4.99 Å². The molecule has 12 heavy (non-hydrogen) atoms. The number of hydrogen-bond acceptors (Lipinski definition) is 4. The Balaban J connectivity index is 2.57. The van der Waals surface area contributed by atoms with Crippen LogP contribution in [0.15, 0.2) is 38.8 Å². The van der Waals surface area contributed by atoms with Crippen molar-refractivity contribution >= 4 is 11.8 Å². The summed E-state index contributed by atoms with van der Waals surface area (Å²) in [7, 11) is 0. The number of benzene rings is 1. The lowest BCUT2D eigenvalue weighted by Crippen LogP contribution is -2.09. The van der Waals surface area contributed by atoms with Gasteiger partial charge in [0.25, 0.3) is 0 Å². The number of hydrogen-bond donors (Lipinski definition) is 0. The highest BCUT2D eigenvalue weighted by molar-refractivity contribution is 5.65. The van der Waals surface area contributed by atoms with Gasteiger partial charge in [0, 0.05) is 11.8 Å². The number of rotatable bonds is 0. The van der Waals surface area contributed by atoms with Gasteiger partial charge >= 0.3 is 0 Å². The van der Waals surface area contributed by atoms with E-state index in [2.05, 4.69) is 20.4 Å². The van der Waals surface area contributed by atoms with Crippen molar-refractivity contribution < 1.29 is 0 Å². The van der Waals surface area contributed by atoms with Gasteiger partial charge in [0.15, 0.2) is 0 Å². The van der Waals surface area contributed by atoms with E-state index >= 15 is 0 Å². The molecule has 2 heterocycles. The SMILES string of the molecule is C1=Cc2c3c(ccc2=N1)=NN=N3. The lowest BCUT2D eigenvalue weighted by Gasteiger charge is -1.91. The van der Waals surface area contributed by atoms with Gasteiger partial charge in [0.2, 0.25) is 0 Å². The Bertz CT molecular complexity index is 476. The van der Waals surface area contributed by atoms with E-state index in [1.165, 1.54) is 0 Å². The predicted molar refractivity (Wildman–Crippen MR) is 42.3 cm³/mol. The number of fused-ring (bicyclic) bond motifs is 3. The van der Waals surface area contributed by atoms with E-state index in [1.54, 1.807) is 6.20 Å². The van der Waals surface area contributed by atoms with E-state index in [9.17, 15) is 0 Å². The Morgan fingerprint density at radius 2 is 2.00 bits per heavy atom. The molecule has 3 rings (SSSR count). The molecule has 0 fully saturated rings. The highest BCUT2D eigenvalue weighted by Gasteiger charge is 2.10. The molecule has 1 aromatic rings. The van der Waals surface area contributed by atoms with E-state index < -0.39 is 0 Å². The van der Waals surface area contributed by atoms with Crippen LogP contribution in [0, 0.1) is 0 Å². The molecular formula is C8H4N4. The average molecular weight is 156 g/mol. The normalized spacial score (nSPS) is 15.3. The molecule has 0 atom stereocenters. The van der Waals surface area contributed by atoms with Crippen LogP contribution < -0.4 is 10.7 Å². The second-order valence-corrected chi connectivity index (χ2v) is 2.60. The fourth-order valence-electron chi connectivity index (χ4n) is 1.36. The Labute approximate surface area is 67.7 Å². The Hall–Kier alpha value is -1.84. The summed E-state index contributed by atoms with van der Waals surface area (Å²) in [5, 5.41) is 13.2. The Morgan fingerprint density at radius 1 is 1.08 bits per heavy atom. The van der Waals surface area contributed by atoms with Gasteiger partial charge in [0.05, 0.1) is 5.36 Å². The van der Waals surface area contributed by atoms with Crippen LogP contribution in [0.5, 0.6) is 0 Å². The zero-order chi connectivity index (χ0) is 7.97. The van der Waals surface area contributed by atoms with E-state index in [-0.39, 0.29) is 0 Å². The summed E-state index contributed by atoms with van der Waals surface area (Å²) in [6.45, 7) is 0. The molecule has 0 saturated heterocycles. The summed E-state index contributed by atoms with van der Waals surface area (Å²) in [5.41, 5.74) is 1.86. The van der Waals surface area contributed by atoms with Crippen molar-refractivity contribution in [1.82, 2.24) is 0 Å². The molecule has 4 nitrogen and oxygen atoms in total. The lowest BCUT2D eigenvalue weighted by atomic mass is 10.2. The van der Waals surface area contributed by atoms with Crippen LogP contribution in [-0.2, 0) is 0 Å². The predicted octanol–water partition coefficient (Wildman–Crippen LogP) is 0.922. The van der Waals surface area contributed by atoms with E-state index in [4.69, 9.17) is 0 Å². The van der Waals surface area contributed by atoms with Crippen LogP contribution >= 0.6 is 0 Å². The summed E-state index contributed by atoms with van der Waals surface area (Å²) < 4.78 is 0. The van der Waals surface area contributed by atoms with Crippen LogP contribution in [-0.4, -0.2) is 0 Å². The molecule has 0 aromatic heterocycles. The summed E-state index contributed by atoms with van der Waals surface area (Å²) in [6, 6.07) is 3.80. The molecule has 0 saturated carbocycles. The first-order chi connectivity index (χ1) is 5.95. The van der Waals surface area contributed by atoms with Crippen LogP contribution in [0.1, 0.15) is 5.56 Å². The molecule has 4 heteroatoms. The molecule has 0 bridgehead atoms. The van der Waals surface area contributed by atoms with Crippen molar-refractivity contribution in [3.8, 4) is 0 Å². The molecule has 1 aromatic carbocycles.